The molecule has 5 nitrogen and oxygen atoms in total. The van der Waals surface area contributed by atoms with Crippen molar-refractivity contribution in [3.8, 4) is 0 Å². The number of ether oxygens (including phenoxy) is 2. The van der Waals surface area contributed by atoms with E-state index in [9.17, 15) is 22.4 Å². The maximum absolute atomic E-state index is 14.2. The van der Waals surface area contributed by atoms with E-state index in [0.717, 1.165) is 18.9 Å². The summed E-state index contributed by atoms with van der Waals surface area (Å²) in [4.78, 5) is 12.7. The van der Waals surface area contributed by atoms with Gasteiger partial charge in [-0.25, -0.2) is 4.39 Å². The maximum atomic E-state index is 14.2. The van der Waals surface area contributed by atoms with Crippen molar-refractivity contribution in [1.29, 1.82) is 0 Å². The predicted molar refractivity (Wildman–Crippen MR) is 83.8 cm³/mol. The largest absolute Gasteiger partial charge is 0.471 e. The smallest absolute Gasteiger partial charge is 0.369 e. The van der Waals surface area contributed by atoms with Gasteiger partial charge in [-0.15, -0.1) is 0 Å². The fourth-order valence-electron chi connectivity index (χ4n) is 2.94. The van der Waals surface area contributed by atoms with Crippen molar-refractivity contribution in [3.05, 3.63) is 24.0 Å². The summed E-state index contributed by atoms with van der Waals surface area (Å²) in [6.07, 6.45) is -3.86. The monoisotopic (exact) mass is 364 g/mol. The second-order valence-corrected chi connectivity index (χ2v) is 5.78. The summed E-state index contributed by atoms with van der Waals surface area (Å²) in [6.45, 7) is 1.14. The number of amides is 1. The second-order valence-electron chi connectivity index (χ2n) is 5.78. The molecule has 2 rings (SSSR count). The average molecular weight is 364 g/mol. The Morgan fingerprint density at radius 3 is 2.32 bits per heavy atom. The van der Waals surface area contributed by atoms with Crippen LogP contribution >= 0.6 is 0 Å². The molecule has 1 saturated heterocycles. The molecule has 0 aromatic heterocycles. The van der Waals surface area contributed by atoms with Crippen molar-refractivity contribution in [2.24, 2.45) is 5.92 Å². The number of piperidine rings is 1. The summed E-state index contributed by atoms with van der Waals surface area (Å²) in [5.74, 6) is -2.63. The van der Waals surface area contributed by atoms with Crippen LogP contribution in [0.3, 0.4) is 0 Å². The highest BCUT2D eigenvalue weighted by Crippen LogP contribution is 2.30. The third-order valence-electron chi connectivity index (χ3n) is 4.19. The molecule has 1 aromatic carbocycles. The van der Waals surface area contributed by atoms with Crippen LogP contribution in [0.25, 0.3) is 0 Å². The van der Waals surface area contributed by atoms with Gasteiger partial charge in [-0.2, -0.15) is 13.2 Å². The Balaban J connectivity index is 2.01. The molecule has 1 amide bonds. The van der Waals surface area contributed by atoms with Crippen molar-refractivity contribution in [2.75, 3.05) is 37.5 Å². The number of anilines is 2. The molecule has 140 valence electrons. The Bertz CT molecular complexity index is 598. The zero-order valence-electron chi connectivity index (χ0n) is 13.9. The van der Waals surface area contributed by atoms with E-state index >= 15 is 0 Å². The Labute approximate surface area is 142 Å². The molecule has 1 fully saturated rings. The molecule has 1 aliphatic heterocycles. The minimum atomic E-state index is -5.02. The number of nitrogens with zero attached hydrogens (tertiary/aromatic N) is 1. The molecule has 1 N–H and O–H groups in total. The number of nitrogens with one attached hydrogen (secondary N) is 1. The Hall–Kier alpha value is -1.87. The standard InChI is InChI=1S/C16H20F4N2O3/c1-24-14(25-2)10-5-7-22(8-6-10)13-4-3-11(9-12(13)17)21-15(23)16(18,19)20/h3-4,9-10,14H,5-8H2,1-2H3,(H,21,23). The number of benzene rings is 1. The first kappa shape index (κ1) is 19.5. The third-order valence-corrected chi connectivity index (χ3v) is 4.19. The number of hydrogen-bond donors (Lipinski definition) is 1. The lowest BCUT2D eigenvalue weighted by molar-refractivity contribution is -0.167. The normalized spacial score (nSPS) is 16.4. The minimum absolute atomic E-state index is 0.194. The number of carbonyl (C=O) groups excluding carboxylic acids is 1. The molecule has 1 aromatic rings. The van der Waals surface area contributed by atoms with E-state index in [2.05, 4.69) is 0 Å². The van der Waals surface area contributed by atoms with Crippen molar-refractivity contribution in [3.63, 3.8) is 0 Å². The fraction of sp³-hybridized carbons (Fsp3) is 0.562. The van der Waals surface area contributed by atoms with Gasteiger partial charge in [0.15, 0.2) is 6.29 Å². The van der Waals surface area contributed by atoms with Crippen molar-refractivity contribution >= 4 is 17.3 Å². The van der Waals surface area contributed by atoms with Crippen LogP contribution < -0.4 is 10.2 Å². The van der Waals surface area contributed by atoms with Gasteiger partial charge in [0.05, 0.1) is 5.69 Å². The van der Waals surface area contributed by atoms with Gasteiger partial charge in [0.25, 0.3) is 0 Å². The molecule has 1 heterocycles. The van der Waals surface area contributed by atoms with Crippen LogP contribution in [-0.2, 0) is 14.3 Å². The highest BCUT2D eigenvalue weighted by atomic mass is 19.4. The summed E-state index contributed by atoms with van der Waals surface area (Å²) >= 11 is 0. The van der Waals surface area contributed by atoms with E-state index in [0.29, 0.717) is 13.1 Å². The topological polar surface area (TPSA) is 50.8 Å². The van der Waals surface area contributed by atoms with E-state index < -0.39 is 17.9 Å². The Morgan fingerprint density at radius 1 is 1.24 bits per heavy atom. The predicted octanol–water partition coefficient (Wildman–Crippen LogP) is 3.16. The highest BCUT2D eigenvalue weighted by Gasteiger charge is 2.38. The van der Waals surface area contributed by atoms with Gasteiger partial charge in [0.2, 0.25) is 0 Å². The van der Waals surface area contributed by atoms with E-state index in [1.165, 1.54) is 12.1 Å². The van der Waals surface area contributed by atoms with Crippen LogP contribution in [0, 0.1) is 11.7 Å². The SMILES string of the molecule is COC(OC)C1CCN(c2ccc(NC(=O)C(F)(F)F)cc2F)CC1. The number of methoxy groups -OCH3 is 2. The number of alkyl halides is 3. The van der Waals surface area contributed by atoms with Gasteiger partial charge in [-0.3, -0.25) is 4.79 Å². The molecule has 25 heavy (non-hydrogen) atoms. The number of rotatable bonds is 5. The van der Waals surface area contributed by atoms with Crippen LogP contribution in [0.5, 0.6) is 0 Å². The number of carbonyl (C=O) groups is 1. The fourth-order valence-corrected chi connectivity index (χ4v) is 2.94. The Morgan fingerprint density at radius 2 is 1.84 bits per heavy atom. The van der Waals surface area contributed by atoms with Gasteiger partial charge in [0, 0.05) is 38.9 Å². The molecule has 0 spiro atoms. The van der Waals surface area contributed by atoms with Crippen LogP contribution in [0.2, 0.25) is 0 Å². The first-order valence-electron chi connectivity index (χ1n) is 7.74. The molecule has 0 aliphatic carbocycles. The first-order valence-corrected chi connectivity index (χ1v) is 7.74. The van der Waals surface area contributed by atoms with Gasteiger partial charge < -0.3 is 19.7 Å². The van der Waals surface area contributed by atoms with Crippen LogP contribution in [-0.4, -0.2) is 45.7 Å². The van der Waals surface area contributed by atoms with Crippen LogP contribution in [0.4, 0.5) is 28.9 Å². The third kappa shape index (κ3) is 4.82. The summed E-state index contributed by atoms with van der Waals surface area (Å²) in [7, 11) is 3.13. The average Bonchev–Trinajstić information content (AvgIpc) is 2.56. The van der Waals surface area contributed by atoms with Crippen LogP contribution in [0.1, 0.15) is 12.8 Å². The van der Waals surface area contributed by atoms with Crippen molar-refractivity contribution in [1.82, 2.24) is 0 Å². The molecule has 0 saturated carbocycles. The van der Waals surface area contributed by atoms with E-state index in [1.807, 2.05) is 4.90 Å². The maximum Gasteiger partial charge on any atom is 0.471 e. The summed E-state index contributed by atoms with van der Waals surface area (Å²) in [6, 6.07) is 3.51. The Kier molecular flexibility index (Phi) is 6.23. The van der Waals surface area contributed by atoms with Crippen molar-refractivity contribution in [2.45, 2.75) is 25.3 Å². The van der Waals surface area contributed by atoms with Gasteiger partial charge in [-0.1, -0.05) is 0 Å². The zero-order valence-corrected chi connectivity index (χ0v) is 13.9. The molecule has 0 radical (unpaired) electrons. The van der Waals surface area contributed by atoms with E-state index in [4.69, 9.17) is 9.47 Å². The molecular weight excluding hydrogens is 344 g/mol. The zero-order chi connectivity index (χ0) is 18.6. The first-order chi connectivity index (χ1) is 11.8. The molecule has 9 heteroatoms. The minimum Gasteiger partial charge on any atom is -0.369 e. The van der Waals surface area contributed by atoms with Gasteiger partial charge in [0.1, 0.15) is 5.82 Å². The highest BCUT2D eigenvalue weighted by molar-refractivity contribution is 5.95. The molecule has 0 unspecified atom stereocenters. The molecule has 0 bridgehead atoms. The lowest BCUT2D eigenvalue weighted by Gasteiger charge is -2.36. The molecule has 1 aliphatic rings. The quantitative estimate of drug-likeness (QED) is 0.644. The van der Waals surface area contributed by atoms with Gasteiger partial charge >= 0.3 is 12.1 Å². The number of hydrogen-bond acceptors (Lipinski definition) is 4. The van der Waals surface area contributed by atoms with E-state index in [1.54, 1.807) is 19.5 Å². The lowest BCUT2D eigenvalue weighted by atomic mass is 9.95. The van der Waals surface area contributed by atoms with Crippen LogP contribution in [0.15, 0.2) is 18.2 Å². The van der Waals surface area contributed by atoms with Crippen molar-refractivity contribution < 1.29 is 31.8 Å². The summed E-state index contributed by atoms with van der Waals surface area (Å²) in [5, 5.41) is 1.63. The van der Waals surface area contributed by atoms with E-state index in [-0.39, 0.29) is 23.6 Å². The van der Waals surface area contributed by atoms with Gasteiger partial charge in [-0.05, 0) is 31.0 Å². The lowest BCUT2D eigenvalue weighted by Crippen LogP contribution is -2.39. The summed E-state index contributed by atoms with van der Waals surface area (Å²) in [5.41, 5.74) is 0.0483. The molecule has 0 atom stereocenters. The molecular formula is C16H20F4N2O3. The number of halogens is 4. The summed E-state index contributed by atoms with van der Waals surface area (Å²) < 4.78 is 61.4. The second kappa shape index (κ2) is 8.01.